The number of anilines is 9. The topological polar surface area (TPSA) is 75.4 Å². The Balaban J connectivity index is 0.000000104. The Morgan fingerprint density at radius 3 is 0.915 bits per heavy atom. The lowest BCUT2D eigenvalue weighted by atomic mass is 9.95. The smallest absolute Gasteiger partial charge is 0.159 e. The van der Waals surface area contributed by atoms with Crippen molar-refractivity contribution in [3.8, 4) is 33.4 Å². The van der Waals surface area contributed by atoms with Crippen molar-refractivity contribution in [1.82, 2.24) is 0 Å². The molecule has 0 saturated heterocycles. The Bertz CT molecular complexity index is 9890. The molecule has 6 aromatic heterocycles. The van der Waals surface area contributed by atoms with Crippen LogP contribution in [0.15, 0.2) is 513 Å². The maximum atomic E-state index is 6.68. The van der Waals surface area contributed by atoms with E-state index in [1.165, 1.54) is 96.2 Å². The largest absolute Gasteiger partial charge is 0.456 e. The minimum atomic E-state index is 0.859. The number of fused-ring (bicyclic) bond motifs is 30. The third kappa shape index (κ3) is 13.3. The molecule has 0 radical (unpaired) electrons. The second kappa shape index (κ2) is 33.2. The summed E-state index contributed by atoms with van der Waals surface area (Å²) >= 11 is 1.87. The standard InChI is InChI=1S/2C44H27NO2.C44H27NOS/c1-2-12-28(13-3-1)30-14-4-7-19-36(30)45(38-21-11-18-34-32-15-5-8-22-39(32)47-44(34)38)37-20-10-17-33-31(37)26-24-29-25-27-41-43(42(29)33)35-16-6-9-23-40(35)46-41;1-2-11-28(12-3-1)31-13-4-7-17-37(31)45(30-23-25-34-33-14-5-8-19-39(33)47-42(34)27-30)38-18-10-16-35-32(38)24-21-29-22-26-41-44(43(29)35)36-15-6-9-20-40(36)46-41;1-2-12-28(13-3-1)30-14-4-7-19-36(30)45(38-21-11-18-34-32-15-6-9-23-41(32)47-44(34)38)37-20-10-17-33-31(37)26-24-29-25-27-40-43(42(29)33)35-16-5-8-22-39(35)46-40/h3*1-27H. The third-order valence-electron chi connectivity index (χ3n) is 28.4. The maximum Gasteiger partial charge on any atom is 0.159 e. The number of para-hydroxylation sites is 9. The molecule has 0 amide bonds. The number of thiophene rings is 1. The van der Waals surface area contributed by atoms with Gasteiger partial charge in [0.15, 0.2) is 5.58 Å². The van der Waals surface area contributed by atoms with E-state index in [4.69, 9.17) is 22.1 Å². The first-order valence-electron chi connectivity index (χ1n) is 47.8. The summed E-state index contributed by atoms with van der Waals surface area (Å²) in [6.45, 7) is 0. The molecule has 0 N–H and O–H groups in total. The average molecular weight is 1820 g/mol. The zero-order chi connectivity index (χ0) is 92.7. The second-order valence-corrected chi connectivity index (χ2v) is 37.2. The summed E-state index contributed by atoms with van der Waals surface area (Å²) in [4.78, 5) is 7.26. The van der Waals surface area contributed by atoms with Gasteiger partial charge in [-0.25, -0.2) is 0 Å². The monoisotopic (exact) mass is 1820 g/mol. The fourth-order valence-electron chi connectivity index (χ4n) is 22.2. The molecule has 0 bridgehead atoms. The first kappa shape index (κ1) is 80.9. The molecule has 141 heavy (non-hydrogen) atoms. The van der Waals surface area contributed by atoms with Crippen molar-refractivity contribution in [1.29, 1.82) is 0 Å². The summed E-state index contributed by atoms with van der Waals surface area (Å²) < 4.78 is 34.7. The molecule has 8 nitrogen and oxygen atoms in total. The number of hydrogen-bond donors (Lipinski definition) is 0. The molecule has 0 unspecified atom stereocenters. The summed E-state index contributed by atoms with van der Waals surface area (Å²) in [6, 6.07) is 175. The van der Waals surface area contributed by atoms with Gasteiger partial charge in [0.05, 0.1) is 50.2 Å². The Hall–Kier alpha value is -18.5. The molecule has 0 aliphatic rings. The molecule has 0 aliphatic heterocycles. The fourth-order valence-corrected chi connectivity index (χ4v) is 23.4. The maximum absolute atomic E-state index is 6.68. The molecule has 6 heterocycles. The van der Waals surface area contributed by atoms with E-state index in [2.05, 4.69) is 451 Å². The van der Waals surface area contributed by atoms with Crippen LogP contribution in [0.4, 0.5) is 51.2 Å². The minimum Gasteiger partial charge on any atom is -0.456 e. The Kier molecular flexibility index (Phi) is 19.0. The second-order valence-electron chi connectivity index (χ2n) is 36.2. The number of furan rings is 5. The number of benzene rings is 24. The molecule has 0 saturated carbocycles. The van der Waals surface area contributed by atoms with Crippen LogP contribution in [0, 0.1) is 0 Å². The first-order chi connectivity index (χ1) is 70.0. The molecule has 0 atom stereocenters. The zero-order valence-electron chi connectivity index (χ0n) is 76.1. The van der Waals surface area contributed by atoms with E-state index >= 15 is 0 Å². The molecule has 24 aromatic carbocycles. The Morgan fingerprint density at radius 2 is 0.454 bits per heavy atom. The predicted molar refractivity (Wildman–Crippen MR) is 594 cm³/mol. The molecular formula is C132H81N3O5S. The first-order valence-corrected chi connectivity index (χ1v) is 48.6. The summed E-state index contributed by atoms with van der Waals surface area (Å²) in [6.07, 6.45) is 0. The summed E-state index contributed by atoms with van der Waals surface area (Å²) in [5.74, 6) is 0. The SMILES string of the molecule is c1ccc(-c2ccccc2N(c2ccc3c(c2)oc2ccccc23)c2cccc3c2ccc2ccc4oc5ccccc5c4c23)cc1.c1ccc(-c2ccccc2N(c2cccc3c2ccc2ccc4oc5ccccc5c4c23)c2cccc3c2oc2ccccc23)cc1.c1ccc(-c2ccccc2N(c2cccc3c2ccc2ccc4oc5ccccc5c4c23)c2cccc3c2sc2ccccc23)cc1. The Labute approximate surface area is 812 Å². The van der Waals surface area contributed by atoms with Crippen LogP contribution in [0.25, 0.3) is 228 Å². The van der Waals surface area contributed by atoms with Crippen molar-refractivity contribution in [2.45, 2.75) is 0 Å². The van der Waals surface area contributed by atoms with E-state index in [0.29, 0.717) is 0 Å². The molecular weight excluding hydrogens is 1740 g/mol. The zero-order valence-corrected chi connectivity index (χ0v) is 76.9. The van der Waals surface area contributed by atoms with Crippen molar-refractivity contribution in [3.05, 3.63) is 491 Å². The van der Waals surface area contributed by atoms with Crippen molar-refractivity contribution < 1.29 is 22.1 Å². The van der Waals surface area contributed by atoms with Crippen LogP contribution in [0.1, 0.15) is 0 Å². The van der Waals surface area contributed by atoms with Crippen LogP contribution < -0.4 is 14.7 Å². The third-order valence-corrected chi connectivity index (χ3v) is 29.6. The van der Waals surface area contributed by atoms with E-state index in [1.54, 1.807) is 0 Å². The summed E-state index contributed by atoms with van der Waals surface area (Å²) in [5, 5.41) is 28.2. The van der Waals surface area contributed by atoms with Crippen LogP contribution in [-0.4, -0.2) is 0 Å². The fraction of sp³-hybridized carbons (Fsp3) is 0. The predicted octanol–water partition coefficient (Wildman–Crippen LogP) is 39.3. The van der Waals surface area contributed by atoms with Crippen LogP contribution in [0.3, 0.4) is 0 Å². The number of hydrogen-bond acceptors (Lipinski definition) is 9. The lowest BCUT2D eigenvalue weighted by Crippen LogP contribution is -2.12. The van der Waals surface area contributed by atoms with Gasteiger partial charge in [0.1, 0.15) is 50.2 Å². The van der Waals surface area contributed by atoms with Gasteiger partial charge >= 0.3 is 0 Å². The summed E-state index contributed by atoms with van der Waals surface area (Å²) in [5.41, 5.74) is 25.7. The van der Waals surface area contributed by atoms with E-state index in [-0.39, 0.29) is 0 Å². The summed E-state index contributed by atoms with van der Waals surface area (Å²) in [7, 11) is 0. The highest BCUT2D eigenvalue weighted by atomic mass is 32.1. The number of rotatable bonds is 12. The van der Waals surface area contributed by atoms with Crippen LogP contribution in [-0.2, 0) is 0 Å². The minimum absolute atomic E-state index is 0.859. The van der Waals surface area contributed by atoms with Gasteiger partial charge in [0.2, 0.25) is 0 Å². The van der Waals surface area contributed by atoms with Gasteiger partial charge in [-0.05, 0) is 164 Å². The quantitative estimate of drug-likeness (QED) is 0.112. The van der Waals surface area contributed by atoms with Crippen molar-refractivity contribution in [2.75, 3.05) is 14.7 Å². The highest BCUT2D eigenvalue weighted by molar-refractivity contribution is 7.26. The van der Waals surface area contributed by atoms with Gasteiger partial charge in [-0.1, -0.05) is 370 Å². The van der Waals surface area contributed by atoms with Gasteiger partial charge < -0.3 is 36.8 Å². The lowest BCUT2D eigenvalue weighted by Gasteiger charge is -2.29. The molecule has 0 aliphatic carbocycles. The molecule has 30 aromatic rings. The van der Waals surface area contributed by atoms with Gasteiger partial charge in [-0.2, -0.15) is 0 Å². The van der Waals surface area contributed by atoms with E-state index in [9.17, 15) is 0 Å². The van der Waals surface area contributed by atoms with Crippen LogP contribution >= 0.6 is 11.3 Å². The van der Waals surface area contributed by atoms with E-state index < -0.39 is 0 Å². The van der Waals surface area contributed by atoms with Gasteiger partial charge in [0.25, 0.3) is 0 Å². The molecule has 30 rings (SSSR count). The van der Waals surface area contributed by atoms with Crippen LogP contribution in [0.5, 0.6) is 0 Å². The van der Waals surface area contributed by atoms with Gasteiger partial charge in [-0.15, -0.1) is 11.3 Å². The molecule has 0 fully saturated rings. The van der Waals surface area contributed by atoms with Crippen molar-refractivity contribution >= 4 is 257 Å². The Morgan fingerprint density at radius 1 is 0.156 bits per heavy atom. The lowest BCUT2D eigenvalue weighted by molar-refractivity contribution is 0.668. The van der Waals surface area contributed by atoms with Gasteiger partial charge in [0, 0.05) is 130 Å². The normalized spacial score (nSPS) is 11.8. The average Bonchev–Trinajstić information content (AvgIpc) is 1.65. The van der Waals surface area contributed by atoms with E-state index in [0.717, 1.165) is 183 Å². The molecule has 0 spiro atoms. The molecule has 660 valence electrons. The highest BCUT2D eigenvalue weighted by Gasteiger charge is 2.30. The highest BCUT2D eigenvalue weighted by Crippen LogP contribution is 2.55. The van der Waals surface area contributed by atoms with Crippen molar-refractivity contribution in [3.63, 3.8) is 0 Å². The van der Waals surface area contributed by atoms with Crippen molar-refractivity contribution in [2.24, 2.45) is 0 Å². The van der Waals surface area contributed by atoms with E-state index in [1.807, 2.05) is 65.9 Å². The number of nitrogens with zero attached hydrogens (tertiary/aromatic N) is 3. The van der Waals surface area contributed by atoms with Crippen LogP contribution in [0.2, 0.25) is 0 Å². The van der Waals surface area contributed by atoms with Gasteiger partial charge in [-0.3, -0.25) is 0 Å². The molecule has 9 heteroatoms.